The quantitative estimate of drug-likeness (QED) is 0.797. The summed E-state index contributed by atoms with van der Waals surface area (Å²) < 4.78 is 30.4. The molecule has 4 rings (SSSR count). The average molecular weight is 380 g/mol. The molecule has 0 radical (unpaired) electrons. The standard InChI is InChI=1S/C17H21N3O3S2/c1-12-18-11-15(25(2,21)22)16(19-12)20-7-5-17(6-8-20)13-4-10-24-14(13)3-9-23-17/h4,10-11H,3,5-9H2,1-2H3. The van der Waals surface area contributed by atoms with Crippen molar-refractivity contribution in [2.45, 2.75) is 36.7 Å². The van der Waals surface area contributed by atoms with Gasteiger partial charge in [-0.05, 0) is 36.8 Å². The maximum Gasteiger partial charge on any atom is 0.180 e. The molecule has 2 aliphatic heterocycles. The van der Waals surface area contributed by atoms with Crippen LogP contribution in [-0.2, 0) is 26.6 Å². The number of ether oxygens (including phenoxy) is 1. The molecule has 1 fully saturated rings. The molecular formula is C17H21N3O3S2. The lowest BCUT2D eigenvalue weighted by molar-refractivity contribution is -0.0757. The number of aromatic nitrogens is 2. The number of hydrogen-bond donors (Lipinski definition) is 0. The molecule has 8 heteroatoms. The van der Waals surface area contributed by atoms with Crippen molar-refractivity contribution in [1.82, 2.24) is 9.97 Å². The van der Waals surface area contributed by atoms with Crippen LogP contribution in [0.2, 0.25) is 0 Å². The summed E-state index contributed by atoms with van der Waals surface area (Å²) in [5, 5.41) is 2.14. The van der Waals surface area contributed by atoms with Crippen molar-refractivity contribution in [2.75, 3.05) is 30.9 Å². The molecule has 1 saturated heterocycles. The first-order valence-electron chi connectivity index (χ1n) is 8.38. The minimum Gasteiger partial charge on any atom is -0.370 e. The first-order valence-corrected chi connectivity index (χ1v) is 11.2. The van der Waals surface area contributed by atoms with Crippen molar-refractivity contribution in [3.8, 4) is 0 Å². The van der Waals surface area contributed by atoms with Crippen molar-refractivity contribution < 1.29 is 13.2 Å². The lowest BCUT2D eigenvalue weighted by atomic mass is 9.82. The molecule has 0 amide bonds. The zero-order chi connectivity index (χ0) is 17.7. The second-order valence-electron chi connectivity index (χ2n) is 6.71. The molecule has 0 aliphatic carbocycles. The van der Waals surface area contributed by atoms with Gasteiger partial charge in [-0.15, -0.1) is 11.3 Å². The van der Waals surface area contributed by atoms with Crippen LogP contribution in [0.25, 0.3) is 0 Å². The molecule has 0 aromatic carbocycles. The molecule has 134 valence electrons. The Hall–Kier alpha value is -1.51. The predicted molar refractivity (Wildman–Crippen MR) is 97.0 cm³/mol. The van der Waals surface area contributed by atoms with Crippen molar-refractivity contribution in [3.05, 3.63) is 33.9 Å². The van der Waals surface area contributed by atoms with Gasteiger partial charge < -0.3 is 9.64 Å². The predicted octanol–water partition coefficient (Wildman–Crippen LogP) is 2.32. The number of thiophene rings is 1. The van der Waals surface area contributed by atoms with Crippen LogP contribution < -0.4 is 4.90 Å². The van der Waals surface area contributed by atoms with Crippen LogP contribution in [0, 0.1) is 6.92 Å². The number of aryl methyl sites for hydroxylation is 1. The highest BCUT2D eigenvalue weighted by atomic mass is 32.2. The molecule has 6 nitrogen and oxygen atoms in total. The monoisotopic (exact) mass is 379 g/mol. The first kappa shape index (κ1) is 16.9. The van der Waals surface area contributed by atoms with E-state index in [0.29, 0.717) is 24.7 Å². The third-order valence-electron chi connectivity index (χ3n) is 5.07. The number of nitrogens with zero attached hydrogens (tertiary/aromatic N) is 3. The van der Waals surface area contributed by atoms with E-state index in [-0.39, 0.29) is 10.5 Å². The molecule has 1 spiro atoms. The molecule has 2 aliphatic rings. The summed E-state index contributed by atoms with van der Waals surface area (Å²) >= 11 is 1.80. The summed E-state index contributed by atoms with van der Waals surface area (Å²) in [6.45, 7) is 3.97. The van der Waals surface area contributed by atoms with E-state index in [9.17, 15) is 8.42 Å². The Bertz CT molecular complexity index is 900. The SMILES string of the molecule is Cc1ncc(S(C)(=O)=O)c(N2CCC3(CC2)OCCc2sccc23)n1. The summed E-state index contributed by atoms with van der Waals surface area (Å²) in [5.41, 5.74) is 1.10. The number of rotatable bonds is 2. The van der Waals surface area contributed by atoms with Gasteiger partial charge in [-0.3, -0.25) is 0 Å². The number of hydrogen-bond acceptors (Lipinski definition) is 7. The van der Waals surface area contributed by atoms with Gasteiger partial charge in [-0.2, -0.15) is 0 Å². The summed E-state index contributed by atoms with van der Waals surface area (Å²) in [6.07, 6.45) is 5.29. The van der Waals surface area contributed by atoms with Crippen LogP contribution in [0.4, 0.5) is 5.82 Å². The highest BCUT2D eigenvalue weighted by Crippen LogP contribution is 2.44. The average Bonchev–Trinajstić information content (AvgIpc) is 3.05. The van der Waals surface area contributed by atoms with E-state index in [1.807, 2.05) is 0 Å². The molecule has 0 bridgehead atoms. The van der Waals surface area contributed by atoms with Crippen LogP contribution in [-0.4, -0.2) is 44.3 Å². The van der Waals surface area contributed by atoms with Gasteiger partial charge in [0.15, 0.2) is 15.7 Å². The molecule has 4 heterocycles. The fraction of sp³-hybridized carbons (Fsp3) is 0.529. The Morgan fingerprint density at radius 2 is 2.08 bits per heavy atom. The van der Waals surface area contributed by atoms with Crippen LogP contribution in [0.3, 0.4) is 0 Å². The Morgan fingerprint density at radius 1 is 1.32 bits per heavy atom. The molecular weight excluding hydrogens is 358 g/mol. The largest absolute Gasteiger partial charge is 0.370 e. The second kappa shape index (κ2) is 6.03. The van der Waals surface area contributed by atoms with Crippen LogP contribution >= 0.6 is 11.3 Å². The molecule has 25 heavy (non-hydrogen) atoms. The Kier molecular flexibility index (Phi) is 4.09. The maximum atomic E-state index is 12.1. The molecule has 2 aromatic heterocycles. The fourth-order valence-electron chi connectivity index (χ4n) is 3.79. The van der Waals surface area contributed by atoms with Gasteiger partial charge in [-0.25, -0.2) is 18.4 Å². The lowest BCUT2D eigenvalue weighted by Gasteiger charge is -2.44. The van der Waals surface area contributed by atoms with E-state index < -0.39 is 9.84 Å². The van der Waals surface area contributed by atoms with Crippen LogP contribution in [0.5, 0.6) is 0 Å². The third kappa shape index (κ3) is 2.96. The normalized spacial score (nSPS) is 19.8. The second-order valence-corrected chi connectivity index (χ2v) is 9.70. The Labute approximate surface area is 151 Å². The van der Waals surface area contributed by atoms with Crippen LogP contribution in [0.15, 0.2) is 22.5 Å². The Balaban J connectivity index is 1.63. The third-order valence-corrected chi connectivity index (χ3v) is 7.14. The zero-order valence-corrected chi connectivity index (χ0v) is 16.0. The van der Waals surface area contributed by atoms with Gasteiger partial charge in [0.1, 0.15) is 10.7 Å². The van der Waals surface area contributed by atoms with Gasteiger partial charge in [-0.1, -0.05) is 0 Å². The molecule has 0 N–H and O–H groups in total. The van der Waals surface area contributed by atoms with Crippen molar-refractivity contribution in [1.29, 1.82) is 0 Å². The van der Waals surface area contributed by atoms with E-state index >= 15 is 0 Å². The summed E-state index contributed by atoms with van der Waals surface area (Å²) in [4.78, 5) is 12.2. The maximum absolute atomic E-state index is 12.1. The first-order chi connectivity index (χ1) is 11.9. The van der Waals surface area contributed by atoms with E-state index in [0.717, 1.165) is 25.9 Å². The molecule has 0 atom stereocenters. The summed E-state index contributed by atoms with van der Waals surface area (Å²) in [5.74, 6) is 1.10. The van der Waals surface area contributed by atoms with Gasteiger partial charge >= 0.3 is 0 Å². The number of sulfone groups is 1. The Morgan fingerprint density at radius 3 is 2.80 bits per heavy atom. The van der Waals surface area contributed by atoms with E-state index in [2.05, 4.69) is 26.3 Å². The summed E-state index contributed by atoms with van der Waals surface area (Å²) in [6, 6.07) is 2.19. The fourth-order valence-corrected chi connectivity index (χ4v) is 5.49. The molecule has 0 saturated carbocycles. The van der Waals surface area contributed by atoms with Crippen molar-refractivity contribution in [3.63, 3.8) is 0 Å². The molecule has 2 aromatic rings. The van der Waals surface area contributed by atoms with E-state index in [1.54, 1.807) is 18.3 Å². The number of anilines is 1. The van der Waals surface area contributed by atoms with Gasteiger partial charge in [0.05, 0.1) is 18.4 Å². The number of piperidine rings is 1. The minimum absolute atomic E-state index is 0.204. The van der Waals surface area contributed by atoms with Gasteiger partial charge in [0.25, 0.3) is 0 Å². The molecule has 0 unspecified atom stereocenters. The van der Waals surface area contributed by atoms with Gasteiger partial charge in [0, 0.05) is 30.6 Å². The lowest BCUT2D eigenvalue weighted by Crippen LogP contribution is -2.46. The van der Waals surface area contributed by atoms with Gasteiger partial charge in [0.2, 0.25) is 0 Å². The van der Waals surface area contributed by atoms with Crippen molar-refractivity contribution >= 4 is 27.0 Å². The number of fused-ring (bicyclic) bond motifs is 2. The smallest absolute Gasteiger partial charge is 0.180 e. The highest BCUT2D eigenvalue weighted by Gasteiger charge is 2.42. The highest BCUT2D eigenvalue weighted by molar-refractivity contribution is 7.90. The van der Waals surface area contributed by atoms with E-state index in [1.165, 1.54) is 22.9 Å². The summed E-state index contributed by atoms with van der Waals surface area (Å²) in [7, 11) is -3.37. The topological polar surface area (TPSA) is 72.4 Å². The zero-order valence-electron chi connectivity index (χ0n) is 14.4. The van der Waals surface area contributed by atoms with Crippen molar-refractivity contribution in [2.24, 2.45) is 0 Å². The van der Waals surface area contributed by atoms with Crippen LogP contribution in [0.1, 0.15) is 29.1 Å². The van der Waals surface area contributed by atoms with E-state index in [4.69, 9.17) is 4.74 Å². The minimum atomic E-state index is -3.37.